The fraction of sp³-hybridized carbons (Fsp3) is 0.154. The lowest BCUT2D eigenvalue weighted by Gasteiger charge is -2.11. The molecule has 0 unspecified atom stereocenters. The summed E-state index contributed by atoms with van der Waals surface area (Å²) in [7, 11) is -2.63. The van der Waals surface area contributed by atoms with E-state index in [-0.39, 0.29) is 11.4 Å². The second-order valence-electron chi connectivity index (χ2n) is 3.72. The molecule has 0 saturated heterocycles. The van der Waals surface area contributed by atoms with Gasteiger partial charge in [-0.05, 0) is 30.3 Å². The maximum absolute atomic E-state index is 12.7. The van der Waals surface area contributed by atoms with Gasteiger partial charge in [0.15, 0.2) is 0 Å². The summed E-state index contributed by atoms with van der Waals surface area (Å²) in [6.07, 6.45) is -3.89. The second kappa shape index (κ2) is 4.79. The number of hydrogen-bond acceptors (Lipinski definition) is 2. The molecule has 3 nitrogen and oxygen atoms in total. The van der Waals surface area contributed by atoms with Crippen LogP contribution in [0.4, 0.5) is 13.2 Å². The smallest absolute Gasteiger partial charge is 0.417 e. The monoisotopic (exact) mass is 272 g/mol. The van der Waals surface area contributed by atoms with Crippen molar-refractivity contribution in [2.24, 2.45) is 0 Å². The number of nitrogens with zero attached hydrogens (tertiary/aromatic N) is 1. The molecule has 0 bridgehead atoms. The highest BCUT2D eigenvalue weighted by Gasteiger charge is 2.31. The Hall–Kier alpha value is -2.24. The first-order valence-corrected chi connectivity index (χ1v) is 5.16. The summed E-state index contributed by atoms with van der Waals surface area (Å²) < 4.78 is 64.3. The van der Waals surface area contributed by atoms with Gasteiger partial charge in [0.1, 0.15) is 5.75 Å². The van der Waals surface area contributed by atoms with Crippen molar-refractivity contribution in [2.75, 3.05) is 7.04 Å². The minimum Gasteiger partial charge on any atom is -0.497 e. The minimum absolute atomic E-state index is 0.0174. The van der Waals surface area contributed by atoms with Gasteiger partial charge >= 0.3 is 6.18 Å². The Balaban J connectivity index is 2.38. The first kappa shape index (κ1) is 9.66. The molecule has 0 saturated carbocycles. The van der Waals surface area contributed by atoms with Crippen molar-refractivity contribution in [1.82, 2.24) is 4.57 Å². The van der Waals surface area contributed by atoms with E-state index >= 15 is 0 Å². The van der Waals surface area contributed by atoms with Crippen LogP contribution in [0.25, 0.3) is 5.69 Å². The minimum atomic E-state index is -4.57. The highest BCUT2D eigenvalue weighted by atomic mass is 19.4. The van der Waals surface area contributed by atoms with Crippen molar-refractivity contribution in [2.45, 2.75) is 6.18 Å². The van der Waals surface area contributed by atoms with E-state index in [2.05, 4.69) is 4.74 Å². The van der Waals surface area contributed by atoms with Crippen LogP contribution < -0.4 is 10.3 Å². The van der Waals surface area contributed by atoms with E-state index < -0.39 is 24.3 Å². The summed E-state index contributed by atoms with van der Waals surface area (Å²) in [6, 6.07) is 6.62. The van der Waals surface area contributed by atoms with E-state index in [1.54, 1.807) is 0 Å². The number of pyridine rings is 1. The maximum Gasteiger partial charge on any atom is 0.417 e. The van der Waals surface area contributed by atoms with Crippen LogP contribution in [0.2, 0.25) is 0 Å². The van der Waals surface area contributed by atoms with E-state index in [0.717, 1.165) is 10.6 Å². The Bertz CT molecular complexity index is 721. The number of benzene rings is 1. The van der Waals surface area contributed by atoms with Crippen LogP contribution in [0.1, 0.15) is 9.68 Å². The summed E-state index contributed by atoms with van der Waals surface area (Å²) in [5.74, 6) is 0.0174. The molecule has 0 spiro atoms. The molecule has 1 aromatic heterocycles. The first-order valence-electron chi connectivity index (χ1n) is 6.66. The first-order chi connectivity index (χ1) is 10.1. The molecule has 0 aliphatic carbocycles. The van der Waals surface area contributed by atoms with Crippen LogP contribution in [0.3, 0.4) is 0 Å². The van der Waals surface area contributed by atoms with Gasteiger partial charge in [0.2, 0.25) is 0 Å². The molecule has 0 fully saturated rings. The average molecular weight is 272 g/mol. The van der Waals surface area contributed by atoms with Crippen LogP contribution in [-0.4, -0.2) is 11.6 Å². The lowest BCUT2D eigenvalue weighted by molar-refractivity contribution is -0.138. The van der Waals surface area contributed by atoms with E-state index in [1.165, 1.54) is 24.3 Å². The highest BCUT2D eigenvalue weighted by Crippen LogP contribution is 2.28. The zero-order valence-corrected chi connectivity index (χ0v) is 9.44. The van der Waals surface area contributed by atoms with Crippen LogP contribution >= 0.6 is 0 Å². The molecule has 6 heteroatoms. The third-order valence-electron chi connectivity index (χ3n) is 2.47. The number of alkyl halides is 3. The van der Waals surface area contributed by atoms with E-state index in [1.807, 2.05) is 0 Å². The van der Waals surface area contributed by atoms with Gasteiger partial charge in [-0.2, -0.15) is 13.2 Å². The molecule has 1 aromatic carbocycles. The number of ether oxygens (including phenoxy) is 1. The molecule has 19 heavy (non-hydrogen) atoms. The third kappa shape index (κ3) is 2.78. The molecular weight excluding hydrogens is 259 g/mol. The van der Waals surface area contributed by atoms with E-state index in [4.69, 9.17) is 4.11 Å². The fourth-order valence-corrected chi connectivity index (χ4v) is 1.53. The van der Waals surface area contributed by atoms with E-state index in [9.17, 15) is 18.0 Å². The lowest BCUT2D eigenvalue weighted by Crippen LogP contribution is -2.19. The molecule has 0 aliphatic heterocycles. The standard InChI is InChI=1S/C13H10F3NO2/c1-19-11-5-3-10(4-6-11)17-8-9(13(14,15)16)2-7-12(17)18/h2-8H,1H3/i1D3. The SMILES string of the molecule is [2H]C([2H])([2H])Oc1ccc(-n2cc(C(F)(F)F)ccc2=O)cc1. The molecule has 0 radical (unpaired) electrons. The van der Waals surface area contributed by atoms with Gasteiger partial charge in [-0.1, -0.05) is 0 Å². The molecule has 1 heterocycles. The van der Waals surface area contributed by atoms with Gasteiger partial charge < -0.3 is 4.74 Å². The van der Waals surface area contributed by atoms with Crippen LogP contribution in [-0.2, 0) is 6.18 Å². The lowest BCUT2D eigenvalue weighted by atomic mass is 10.2. The quantitative estimate of drug-likeness (QED) is 0.841. The van der Waals surface area contributed by atoms with E-state index in [0.29, 0.717) is 12.3 Å². The molecule has 0 amide bonds. The fourth-order valence-electron chi connectivity index (χ4n) is 1.53. The summed E-state index contributed by atoms with van der Waals surface area (Å²) in [5, 5.41) is 0. The third-order valence-corrected chi connectivity index (χ3v) is 2.47. The number of halogens is 3. The summed E-state index contributed by atoms with van der Waals surface area (Å²) in [6.45, 7) is 0. The van der Waals surface area contributed by atoms with Crippen molar-refractivity contribution in [3.8, 4) is 11.4 Å². The van der Waals surface area contributed by atoms with Gasteiger partial charge in [-0.25, -0.2) is 0 Å². The predicted molar refractivity (Wildman–Crippen MR) is 63.6 cm³/mol. The number of methoxy groups -OCH3 is 1. The molecule has 0 aliphatic rings. The largest absolute Gasteiger partial charge is 0.497 e. The zero-order valence-electron chi connectivity index (χ0n) is 12.4. The van der Waals surface area contributed by atoms with Crippen molar-refractivity contribution < 1.29 is 22.0 Å². The number of rotatable bonds is 2. The van der Waals surface area contributed by atoms with Gasteiger partial charge in [-0.3, -0.25) is 9.36 Å². The topological polar surface area (TPSA) is 31.2 Å². The molecule has 2 rings (SSSR count). The summed E-state index contributed by atoms with van der Waals surface area (Å²) in [5.41, 5.74) is -1.44. The molecule has 2 aromatic rings. The van der Waals surface area contributed by atoms with Crippen LogP contribution in [0, 0.1) is 0 Å². The maximum atomic E-state index is 12.7. The summed E-state index contributed by atoms with van der Waals surface area (Å²) >= 11 is 0. The van der Waals surface area contributed by atoms with Gasteiger partial charge in [0.25, 0.3) is 5.56 Å². The number of aromatic nitrogens is 1. The normalized spacial score (nSPS) is 14.4. The van der Waals surface area contributed by atoms with Crippen molar-refractivity contribution in [3.05, 3.63) is 58.5 Å². The Morgan fingerprint density at radius 3 is 2.42 bits per heavy atom. The highest BCUT2D eigenvalue weighted by molar-refractivity contribution is 5.38. The Labute approximate surface area is 111 Å². The van der Waals surface area contributed by atoms with Gasteiger partial charge in [0.05, 0.1) is 16.7 Å². The van der Waals surface area contributed by atoms with Gasteiger partial charge in [0, 0.05) is 18.0 Å². The Morgan fingerprint density at radius 1 is 1.16 bits per heavy atom. The van der Waals surface area contributed by atoms with Crippen molar-refractivity contribution in [3.63, 3.8) is 0 Å². The molecule has 0 N–H and O–H groups in total. The summed E-state index contributed by atoms with van der Waals surface area (Å²) in [4.78, 5) is 11.7. The molecular formula is C13H10F3NO2. The Morgan fingerprint density at radius 2 is 1.84 bits per heavy atom. The predicted octanol–water partition coefficient (Wildman–Crippen LogP) is 2.86. The van der Waals surface area contributed by atoms with Crippen LogP contribution in [0.5, 0.6) is 5.75 Å². The number of hydrogen-bond donors (Lipinski definition) is 0. The van der Waals surface area contributed by atoms with Crippen molar-refractivity contribution in [1.29, 1.82) is 0 Å². The molecule has 100 valence electrons. The van der Waals surface area contributed by atoms with Crippen molar-refractivity contribution >= 4 is 0 Å². The van der Waals surface area contributed by atoms with Crippen LogP contribution in [0.15, 0.2) is 47.4 Å². The Kier molecular flexibility index (Phi) is 2.44. The average Bonchev–Trinajstić information content (AvgIpc) is 2.37. The van der Waals surface area contributed by atoms with Gasteiger partial charge in [-0.15, -0.1) is 0 Å². The second-order valence-corrected chi connectivity index (χ2v) is 3.72. The zero-order chi connectivity index (χ0) is 16.5. The molecule has 0 atom stereocenters.